The molecule has 0 heterocycles. The van der Waals surface area contributed by atoms with E-state index in [1.807, 2.05) is 24.3 Å². The molecular formula is C26H32N2O6. The molecule has 0 fully saturated rings. The number of carboxylic acids is 1. The predicted octanol–water partition coefficient (Wildman–Crippen LogP) is 3.55. The van der Waals surface area contributed by atoms with Gasteiger partial charge in [-0.1, -0.05) is 55.5 Å². The molecule has 2 aromatic carbocycles. The van der Waals surface area contributed by atoms with Crippen LogP contribution in [0.25, 0.3) is 11.1 Å². The Balaban J connectivity index is 1.32. The molecule has 0 saturated heterocycles. The van der Waals surface area contributed by atoms with Gasteiger partial charge in [0.2, 0.25) is 5.91 Å². The van der Waals surface area contributed by atoms with Crippen LogP contribution < -0.4 is 10.6 Å². The number of amides is 2. The molecule has 1 aliphatic rings. The Kier molecular flexibility index (Phi) is 8.65. The standard InChI is InChI=1S/C26H32N2O6/c1-3-26(2,24(30)31)17-28-23(29)12-14-33-15-13-27-25(32)34-16-22-20-10-6-4-8-18(20)19-9-5-7-11-21(19)22/h4-11,22H,3,12-17H2,1-2H3,(H,27,32)(H,28,29)(H,30,31). The fraction of sp³-hybridized carbons (Fsp3) is 0.423. The second kappa shape index (κ2) is 11.7. The molecule has 0 aromatic heterocycles. The van der Waals surface area contributed by atoms with Crippen molar-refractivity contribution < 1.29 is 29.0 Å². The van der Waals surface area contributed by atoms with Crippen molar-refractivity contribution in [1.82, 2.24) is 10.6 Å². The first-order valence-corrected chi connectivity index (χ1v) is 11.5. The molecule has 182 valence electrons. The summed E-state index contributed by atoms with van der Waals surface area (Å²) in [6.07, 6.45) is 0.0149. The molecule has 34 heavy (non-hydrogen) atoms. The highest BCUT2D eigenvalue weighted by molar-refractivity contribution is 5.79. The number of fused-ring (bicyclic) bond motifs is 3. The Bertz CT molecular complexity index is 978. The highest BCUT2D eigenvalue weighted by atomic mass is 16.5. The maximum atomic E-state index is 12.1. The lowest BCUT2D eigenvalue weighted by Crippen LogP contribution is -2.40. The van der Waals surface area contributed by atoms with E-state index in [0.29, 0.717) is 6.42 Å². The number of hydrogen-bond donors (Lipinski definition) is 3. The van der Waals surface area contributed by atoms with Gasteiger partial charge in [-0.25, -0.2) is 4.79 Å². The Hall–Kier alpha value is -3.39. The van der Waals surface area contributed by atoms with E-state index in [2.05, 4.69) is 34.9 Å². The summed E-state index contributed by atoms with van der Waals surface area (Å²) in [6.45, 7) is 4.35. The fourth-order valence-corrected chi connectivity index (χ4v) is 3.88. The molecular weight excluding hydrogens is 436 g/mol. The molecule has 3 N–H and O–H groups in total. The van der Waals surface area contributed by atoms with Gasteiger partial charge in [-0.3, -0.25) is 9.59 Å². The first kappa shape index (κ1) is 25.2. The van der Waals surface area contributed by atoms with E-state index < -0.39 is 17.5 Å². The van der Waals surface area contributed by atoms with E-state index in [-0.39, 0.29) is 51.2 Å². The van der Waals surface area contributed by atoms with Crippen LogP contribution in [0.15, 0.2) is 48.5 Å². The number of ether oxygens (including phenoxy) is 2. The molecule has 2 amide bonds. The van der Waals surface area contributed by atoms with Crippen molar-refractivity contribution in [1.29, 1.82) is 0 Å². The van der Waals surface area contributed by atoms with E-state index in [4.69, 9.17) is 9.47 Å². The number of alkyl carbamates (subject to hydrolysis) is 1. The number of hydrogen-bond acceptors (Lipinski definition) is 5. The topological polar surface area (TPSA) is 114 Å². The first-order valence-electron chi connectivity index (χ1n) is 11.5. The van der Waals surface area contributed by atoms with Crippen molar-refractivity contribution >= 4 is 18.0 Å². The molecule has 0 bridgehead atoms. The van der Waals surface area contributed by atoms with Crippen LogP contribution in [0.4, 0.5) is 4.79 Å². The van der Waals surface area contributed by atoms with Gasteiger partial charge in [-0.2, -0.15) is 0 Å². The summed E-state index contributed by atoms with van der Waals surface area (Å²) >= 11 is 0. The van der Waals surface area contributed by atoms with Gasteiger partial charge < -0.3 is 25.2 Å². The lowest BCUT2D eigenvalue weighted by molar-refractivity contribution is -0.148. The third-order valence-corrected chi connectivity index (χ3v) is 6.31. The second-order valence-electron chi connectivity index (χ2n) is 8.61. The van der Waals surface area contributed by atoms with E-state index >= 15 is 0 Å². The molecule has 1 aliphatic carbocycles. The molecule has 8 nitrogen and oxygen atoms in total. The lowest BCUT2D eigenvalue weighted by atomic mass is 9.88. The smallest absolute Gasteiger partial charge is 0.407 e. The molecule has 0 saturated carbocycles. The summed E-state index contributed by atoms with van der Waals surface area (Å²) in [4.78, 5) is 35.3. The Morgan fingerprint density at radius 1 is 0.971 bits per heavy atom. The number of carbonyl (C=O) groups excluding carboxylic acids is 2. The minimum atomic E-state index is -0.983. The van der Waals surface area contributed by atoms with Crippen LogP contribution in [0.3, 0.4) is 0 Å². The zero-order valence-electron chi connectivity index (χ0n) is 19.6. The van der Waals surface area contributed by atoms with Crippen molar-refractivity contribution in [3.63, 3.8) is 0 Å². The summed E-state index contributed by atoms with van der Waals surface area (Å²) in [6, 6.07) is 16.3. The lowest BCUT2D eigenvalue weighted by Gasteiger charge is -2.23. The quantitative estimate of drug-likeness (QED) is 0.411. The van der Waals surface area contributed by atoms with Crippen LogP contribution in [-0.4, -0.2) is 56.0 Å². The van der Waals surface area contributed by atoms with Gasteiger partial charge >= 0.3 is 12.1 Å². The normalized spacial score (nSPS) is 13.9. The van der Waals surface area contributed by atoms with Gasteiger partial charge in [0, 0.05) is 25.4 Å². The SMILES string of the molecule is CCC(C)(CNC(=O)CCOCCNC(=O)OCC1c2ccccc2-c2ccccc21)C(=O)O. The zero-order chi connectivity index (χ0) is 24.6. The average Bonchev–Trinajstić information content (AvgIpc) is 3.17. The van der Waals surface area contributed by atoms with Crippen LogP contribution in [-0.2, 0) is 19.1 Å². The number of nitrogens with one attached hydrogen (secondary N) is 2. The molecule has 1 unspecified atom stereocenters. The number of rotatable bonds is 12. The summed E-state index contributed by atoms with van der Waals surface area (Å²) in [5, 5.41) is 14.5. The molecule has 2 aromatic rings. The highest BCUT2D eigenvalue weighted by Crippen LogP contribution is 2.44. The van der Waals surface area contributed by atoms with Gasteiger partial charge in [-0.05, 0) is 35.6 Å². The number of carboxylic acid groups (broad SMARTS) is 1. The Labute approximate surface area is 199 Å². The van der Waals surface area contributed by atoms with Crippen molar-refractivity contribution in [2.75, 3.05) is 32.9 Å². The van der Waals surface area contributed by atoms with Gasteiger partial charge in [0.05, 0.1) is 18.6 Å². The van der Waals surface area contributed by atoms with Crippen molar-refractivity contribution in [2.45, 2.75) is 32.6 Å². The van der Waals surface area contributed by atoms with Gasteiger partial charge in [0.15, 0.2) is 0 Å². The fourth-order valence-electron chi connectivity index (χ4n) is 3.88. The van der Waals surface area contributed by atoms with Crippen LogP contribution in [0.1, 0.15) is 43.7 Å². The van der Waals surface area contributed by atoms with Crippen molar-refractivity contribution in [3.8, 4) is 11.1 Å². The zero-order valence-corrected chi connectivity index (χ0v) is 19.6. The molecule has 8 heteroatoms. The number of carbonyl (C=O) groups is 3. The van der Waals surface area contributed by atoms with E-state index in [9.17, 15) is 19.5 Å². The minimum absolute atomic E-state index is 0.00334. The van der Waals surface area contributed by atoms with Gasteiger partial charge in [-0.15, -0.1) is 0 Å². The molecule has 3 rings (SSSR count). The molecule has 0 aliphatic heterocycles. The van der Waals surface area contributed by atoms with Gasteiger partial charge in [0.1, 0.15) is 6.61 Å². The summed E-state index contributed by atoms with van der Waals surface area (Å²) in [5.41, 5.74) is 3.67. The minimum Gasteiger partial charge on any atom is -0.481 e. The van der Waals surface area contributed by atoms with E-state index in [0.717, 1.165) is 11.1 Å². The van der Waals surface area contributed by atoms with Crippen LogP contribution in [0, 0.1) is 5.41 Å². The molecule has 0 radical (unpaired) electrons. The first-order chi connectivity index (χ1) is 16.4. The number of benzene rings is 2. The summed E-state index contributed by atoms with van der Waals surface area (Å²) in [5.74, 6) is -1.21. The van der Waals surface area contributed by atoms with Crippen molar-refractivity contribution in [3.05, 3.63) is 59.7 Å². The predicted molar refractivity (Wildman–Crippen MR) is 128 cm³/mol. The third kappa shape index (κ3) is 6.14. The maximum Gasteiger partial charge on any atom is 0.407 e. The largest absolute Gasteiger partial charge is 0.481 e. The Morgan fingerprint density at radius 3 is 2.18 bits per heavy atom. The van der Waals surface area contributed by atoms with Crippen LogP contribution in [0.5, 0.6) is 0 Å². The van der Waals surface area contributed by atoms with Crippen LogP contribution in [0.2, 0.25) is 0 Å². The Morgan fingerprint density at radius 2 is 1.59 bits per heavy atom. The highest BCUT2D eigenvalue weighted by Gasteiger charge is 2.31. The maximum absolute atomic E-state index is 12.1. The van der Waals surface area contributed by atoms with E-state index in [1.54, 1.807) is 13.8 Å². The molecule has 1 atom stereocenters. The third-order valence-electron chi connectivity index (χ3n) is 6.31. The molecule has 0 spiro atoms. The van der Waals surface area contributed by atoms with Crippen LogP contribution >= 0.6 is 0 Å². The number of aliphatic carboxylic acids is 1. The monoisotopic (exact) mass is 468 g/mol. The van der Waals surface area contributed by atoms with E-state index in [1.165, 1.54) is 11.1 Å². The van der Waals surface area contributed by atoms with Crippen molar-refractivity contribution in [2.24, 2.45) is 5.41 Å². The summed E-state index contributed by atoms with van der Waals surface area (Å²) < 4.78 is 10.8. The summed E-state index contributed by atoms with van der Waals surface area (Å²) in [7, 11) is 0. The van der Waals surface area contributed by atoms with Gasteiger partial charge in [0.25, 0.3) is 0 Å². The average molecular weight is 469 g/mol. The second-order valence-corrected chi connectivity index (χ2v) is 8.61.